The van der Waals surface area contributed by atoms with Crippen molar-refractivity contribution in [1.29, 1.82) is 0 Å². The number of carbonyl (C=O) groups excluding carboxylic acids is 1. The zero-order valence-corrected chi connectivity index (χ0v) is 8.47. The van der Waals surface area contributed by atoms with E-state index in [1.54, 1.807) is 0 Å². The lowest BCUT2D eigenvalue weighted by Gasteiger charge is -2.05. The summed E-state index contributed by atoms with van der Waals surface area (Å²) in [4.78, 5) is 29.6. The number of carboxylic acid groups (broad SMARTS) is 1. The highest BCUT2D eigenvalue weighted by Crippen LogP contribution is 2.08. The monoisotopic (exact) mass is 226 g/mol. The van der Waals surface area contributed by atoms with Crippen LogP contribution >= 0.6 is 0 Å². The molecule has 0 aliphatic rings. The number of pyridine rings is 1. The molecular formula is C9H10N2O5. The molecule has 1 aromatic heterocycles. The Kier molecular flexibility index (Phi) is 4.22. The van der Waals surface area contributed by atoms with Gasteiger partial charge in [-0.05, 0) is 12.1 Å². The van der Waals surface area contributed by atoms with Crippen molar-refractivity contribution in [2.24, 2.45) is 0 Å². The first-order chi connectivity index (χ1) is 7.63. The largest absolute Gasteiger partial charge is 0.479 e. The fraction of sp³-hybridized carbons (Fsp3) is 0.222. The van der Waals surface area contributed by atoms with Gasteiger partial charge in [0, 0.05) is 6.20 Å². The molecule has 0 aliphatic carbocycles. The second kappa shape index (κ2) is 5.66. The van der Waals surface area contributed by atoms with E-state index in [1.807, 2.05) is 0 Å². The number of ether oxygens (including phenoxy) is 1. The van der Waals surface area contributed by atoms with Crippen LogP contribution in [0, 0.1) is 0 Å². The standard InChI is InChI=1S/C9H10N2O5/c1-15-9(14)7-4-6(2-3-10-7)11-16-5-8(12)13/h2-4H,5H2,1H3,(H,10,11)(H,12,13). The van der Waals surface area contributed by atoms with E-state index in [0.29, 0.717) is 5.69 Å². The van der Waals surface area contributed by atoms with E-state index in [9.17, 15) is 9.59 Å². The first-order valence-electron chi connectivity index (χ1n) is 4.27. The fourth-order valence-corrected chi connectivity index (χ4v) is 0.891. The minimum Gasteiger partial charge on any atom is -0.479 e. The van der Waals surface area contributed by atoms with Crippen LogP contribution in [0.4, 0.5) is 5.69 Å². The molecule has 7 heteroatoms. The zero-order valence-electron chi connectivity index (χ0n) is 8.47. The molecule has 2 N–H and O–H groups in total. The van der Waals surface area contributed by atoms with Crippen molar-refractivity contribution in [3.63, 3.8) is 0 Å². The minimum atomic E-state index is -1.10. The number of hydrogen-bond donors (Lipinski definition) is 2. The summed E-state index contributed by atoms with van der Waals surface area (Å²) in [6.45, 7) is -0.490. The van der Waals surface area contributed by atoms with E-state index < -0.39 is 18.5 Å². The van der Waals surface area contributed by atoms with Crippen LogP contribution in [0.25, 0.3) is 0 Å². The van der Waals surface area contributed by atoms with Gasteiger partial charge in [-0.25, -0.2) is 14.6 Å². The first kappa shape index (κ1) is 11.9. The molecule has 1 rings (SSSR count). The predicted molar refractivity (Wildman–Crippen MR) is 52.8 cm³/mol. The molecule has 0 amide bonds. The van der Waals surface area contributed by atoms with Crippen LogP contribution in [-0.4, -0.2) is 35.7 Å². The number of hydrogen-bond acceptors (Lipinski definition) is 6. The molecule has 0 bridgehead atoms. The topological polar surface area (TPSA) is 97.8 Å². The second-order valence-corrected chi connectivity index (χ2v) is 2.71. The number of carbonyl (C=O) groups is 2. The van der Waals surface area contributed by atoms with Crippen LogP contribution in [0.1, 0.15) is 10.5 Å². The average Bonchev–Trinajstić information content (AvgIpc) is 2.28. The lowest BCUT2D eigenvalue weighted by atomic mass is 10.3. The van der Waals surface area contributed by atoms with Crippen molar-refractivity contribution < 1.29 is 24.3 Å². The lowest BCUT2D eigenvalue weighted by Crippen LogP contribution is -2.12. The van der Waals surface area contributed by atoms with Gasteiger partial charge in [-0.3, -0.25) is 10.3 Å². The Hall–Kier alpha value is -2.15. The van der Waals surface area contributed by atoms with E-state index in [1.165, 1.54) is 25.4 Å². The first-order valence-corrected chi connectivity index (χ1v) is 4.27. The summed E-state index contributed by atoms with van der Waals surface area (Å²) in [6, 6.07) is 2.90. The Morgan fingerprint density at radius 2 is 2.31 bits per heavy atom. The number of aromatic nitrogens is 1. The van der Waals surface area contributed by atoms with Gasteiger partial charge in [0.15, 0.2) is 6.61 Å². The van der Waals surface area contributed by atoms with Gasteiger partial charge in [-0.2, -0.15) is 0 Å². The second-order valence-electron chi connectivity index (χ2n) is 2.71. The number of nitrogens with zero attached hydrogens (tertiary/aromatic N) is 1. The Morgan fingerprint density at radius 3 is 2.94 bits per heavy atom. The van der Waals surface area contributed by atoms with Gasteiger partial charge in [-0.1, -0.05) is 0 Å². The fourth-order valence-electron chi connectivity index (χ4n) is 0.891. The van der Waals surface area contributed by atoms with Crippen molar-refractivity contribution in [3.8, 4) is 0 Å². The van der Waals surface area contributed by atoms with Crippen molar-refractivity contribution in [3.05, 3.63) is 24.0 Å². The predicted octanol–water partition coefficient (Wildman–Crippen LogP) is 0.296. The van der Waals surface area contributed by atoms with Crippen LogP contribution < -0.4 is 5.48 Å². The number of nitrogens with one attached hydrogen (secondary N) is 1. The van der Waals surface area contributed by atoms with Gasteiger partial charge in [0.05, 0.1) is 12.8 Å². The highest BCUT2D eigenvalue weighted by molar-refractivity contribution is 5.88. The molecule has 1 heterocycles. The SMILES string of the molecule is COC(=O)c1cc(NOCC(=O)O)ccn1. The Labute approximate surface area is 91.0 Å². The number of esters is 1. The molecule has 0 saturated heterocycles. The third-order valence-corrected chi connectivity index (χ3v) is 1.54. The van der Waals surface area contributed by atoms with Crippen molar-refractivity contribution in [2.75, 3.05) is 19.2 Å². The summed E-state index contributed by atoms with van der Waals surface area (Å²) >= 11 is 0. The molecular weight excluding hydrogens is 216 g/mol. The molecule has 0 saturated carbocycles. The number of rotatable bonds is 5. The van der Waals surface area contributed by atoms with Crippen LogP contribution in [0.5, 0.6) is 0 Å². The molecule has 16 heavy (non-hydrogen) atoms. The van der Waals surface area contributed by atoms with E-state index in [2.05, 4.69) is 20.0 Å². The highest BCUT2D eigenvalue weighted by atomic mass is 16.7. The van der Waals surface area contributed by atoms with Gasteiger partial charge >= 0.3 is 11.9 Å². The lowest BCUT2D eigenvalue weighted by molar-refractivity contribution is -0.141. The zero-order chi connectivity index (χ0) is 12.0. The van der Waals surface area contributed by atoms with Gasteiger partial charge < -0.3 is 9.84 Å². The number of aliphatic carboxylic acids is 1. The van der Waals surface area contributed by atoms with E-state index in [-0.39, 0.29) is 5.69 Å². The highest BCUT2D eigenvalue weighted by Gasteiger charge is 2.07. The van der Waals surface area contributed by atoms with E-state index in [0.717, 1.165) is 0 Å². The van der Waals surface area contributed by atoms with Crippen molar-refractivity contribution in [2.45, 2.75) is 0 Å². The smallest absolute Gasteiger partial charge is 0.356 e. The Balaban J connectivity index is 2.60. The van der Waals surface area contributed by atoms with Crippen LogP contribution in [-0.2, 0) is 14.4 Å². The number of methoxy groups -OCH3 is 1. The maximum Gasteiger partial charge on any atom is 0.356 e. The summed E-state index contributed by atoms with van der Waals surface area (Å²) in [5, 5.41) is 8.32. The van der Waals surface area contributed by atoms with Gasteiger partial charge in [0.25, 0.3) is 0 Å². The molecule has 0 radical (unpaired) electrons. The van der Waals surface area contributed by atoms with Crippen LogP contribution in [0.2, 0.25) is 0 Å². The minimum absolute atomic E-state index is 0.103. The van der Waals surface area contributed by atoms with Crippen molar-refractivity contribution >= 4 is 17.6 Å². The van der Waals surface area contributed by atoms with Gasteiger partial charge in [-0.15, -0.1) is 0 Å². The van der Waals surface area contributed by atoms with Crippen LogP contribution in [0.3, 0.4) is 0 Å². The molecule has 0 atom stereocenters. The van der Waals surface area contributed by atoms with Crippen LogP contribution in [0.15, 0.2) is 18.3 Å². The molecule has 1 aromatic rings. The summed E-state index contributed by atoms with van der Waals surface area (Å²) in [6.07, 6.45) is 1.37. The molecule has 0 unspecified atom stereocenters. The molecule has 0 aliphatic heterocycles. The summed E-state index contributed by atoms with van der Waals surface area (Å²) in [5.74, 6) is -1.68. The summed E-state index contributed by atoms with van der Waals surface area (Å²) in [5.41, 5.74) is 2.88. The van der Waals surface area contributed by atoms with E-state index >= 15 is 0 Å². The number of carboxylic acids is 1. The summed E-state index contributed by atoms with van der Waals surface area (Å²) in [7, 11) is 1.24. The van der Waals surface area contributed by atoms with Gasteiger partial charge in [0.1, 0.15) is 5.69 Å². The summed E-state index contributed by atoms with van der Waals surface area (Å²) < 4.78 is 4.47. The normalized spacial score (nSPS) is 9.56. The average molecular weight is 226 g/mol. The molecule has 7 nitrogen and oxygen atoms in total. The Bertz CT molecular complexity index is 393. The maximum atomic E-state index is 11.1. The van der Waals surface area contributed by atoms with Gasteiger partial charge in [0.2, 0.25) is 0 Å². The third kappa shape index (κ3) is 3.54. The Morgan fingerprint density at radius 1 is 1.56 bits per heavy atom. The maximum absolute atomic E-state index is 11.1. The molecule has 0 fully saturated rings. The molecule has 86 valence electrons. The molecule has 0 aromatic carbocycles. The molecule has 0 spiro atoms. The third-order valence-electron chi connectivity index (χ3n) is 1.54. The number of anilines is 1. The quantitative estimate of drug-likeness (QED) is 0.550. The van der Waals surface area contributed by atoms with E-state index in [4.69, 9.17) is 5.11 Å². The van der Waals surface area contributed by atoms with Crippen molar-refractivity contribution in [1.82, 2.24) is 4.98 Å².